The van der Waals surface area contributed by atoms with E-state index in [1.54, 1.807) is 20.3 Å². The largest absolute Gasteiger partial charge is 0.381 e. The van der Waals surface area contributed by atoms with Crippen LogP contribution in [0.5, 0.6) is 0 Å². The molecule has 0 aliphatic rings. The van der Waals surface area contributed by atoms with Gasteiger partial charge in [-0.05, 0) is 0 Å². The van der Waals surface area contributed by atoms with E-state index in [1.165, 1.54) is 0 Å². The van der Waals surface area contributed by atoms with Gasteiger partial charge in [-0.15, -0.1) is 6.58 Å². The summed E-state index contributed by atoms with van der Waals surface area (Å²) < 4.78 is 9.79. The summed E-state index contributed by atoms with van der Waals surface area (Å²) in [6.07, 6.45) is 5.54. The molecule has 0 rings (SSSR count). The highest BCUT2D eigenvalue weighted by Crippen LogP contribution is 1.92. The van der Waals surface area contributed by atoms with E-state index in [2.05, 4.69) is 6.58 Å². The van der Waals surface area contributed by atoms with Crippen LogP contribution < -0.4 is 0 Å². The molecule has 0 heterocycles. The summed E-state index contributed by atoms with van der Waals surface area (Å²) >= 11 is 0. The van der Waals surface area contributed by atoms with Crippen molar-refractivity contribution in [2.45, 2.75) is 6.10 Å². The van der Waals surface area contributed by atoms with Gasteiger partial charge < -0.3 is 9.47 Å². The molecule has 0 saturated heterocycles. The van der Waals surface area contributed by atoms with Crippen molar-refractivity contribution < 1.29 is 9.47 Å². The first kappa shape index (κ1) is 9.40. The van der Waals surface area contributed by atoms with Crippen molar-refractivity contribution >= 4 is 0 Å². The fourth-order valence-corrected chi connectivity index (χ4v) is 0.539. The van der Waals surface area contributed by atoms with E-state index in [1.807, 2.05) is 12.2 Å². The van der Waals surface area contributed by atoms with Gasteiger partial charge in [0.05, 0.1) is 12.7 Å². The van der Waals surface area contributed by atoms with Crippen molar-refractivity contribution in [1.82, 2.24) is 0 Å². The van der Waals surface area contributed by atoms with E-state index in [0.717, 1.165) is 0 Å². The van der Waals surface area contributed by atoms with Crippen LogP contribution in [0.2, 0.25) is 0 Å². The third kappa shape index (κ3) is 4.30. The average Bonchev–Trinajstić information content (AvgIpc) is 1.99. The van der Waals surface area contributed by atoms with Crippen molar-refractivity contribution in [3.8, 4) is 0 Å². The van der Waals surface area contributed by atoms with Crippen LogP contribution >= 0.6 is 0 Å². The smallest absolute Gasteiger partial charge is 0.0931 e. The number of rotatable bonds is 5. The van der Waals surface area contributed by atoms with Gasteiger partial charge in [-0.2, -0.15) is 0 Å². The molecule has 0 aromatic rings. The van der Waals surface area contributed by atoms with Crippen LogP contribution in [0.25, 0.3) is 0 Å². The van der Waals surface area contributed by atoms with Gasteiger partial charge in [-0.1, -0.05) is 18.2 Å². The highest BCUT2D eigenvalue weighted by Gasteiger charge is 1.91. The first-order chi connectivity index (χ1) is 4.85. The van der Waals surface area contributed by atoms with Crippen molar-refractivity contribution in [3.63, 3.8) is 0 Å². The van der Waals surface area contributed by atoms with Crippen LogP contribution in [0.4, 0.5) is 0 Å². The SMILES string of the molecule is C=CC(C=CCOC)OC. The lowest BCUT2D eigenvalue weighted by atomic mass is 10.3. The average molecular weight is 142 g/mol. The second-order valence-corrected chi connectivity index (χ2v) is 1.82. The molecule has 0 aromatic carbocycles. The summed E-state index contributed by atoms with van der Waals surface area (Å²) in [6, 6.07) is 0. The summed E-state index contributed by atoms with van der Waals surface area (Å²) in [5, 5.41) is 0. The van der Waals surface area contributed by atoms with Crippen molar-refractivity contribution in [2.24, 2.45) is 0 Å². The molecular formula is C8H14O2. The normalized spacial score (nSPS) is 13.8. The summed E-state index contributed by atoms with van der Waals surface area (Å²) in [5.41, 5.74) is 0. The summed E-state index contributed by atoms with van der Waals surface area (Å²) in [7, 11) is 3.30. The Bertz CT molecular complexity index is 108. The zero-order valence-corrected chi connectivity index (χ0v) is 6.54. The van der Waals surface area contributed by atoms with Crippen molar-refractivity contribution in [1.29, 1.82) is 0 Å². The number of ether oxygens (including phenoxy) is 2. The molecule has 1 unspecified atom stereocenters. The fourth-order valence-electron chi connectivity index (χ4n) is 0.539. The third-order valence-electron chi connectivity index (χ3n) is 1.09. The van der Waals surface area contributed by atoms with E-state index >= 15 is 0 Å². The van der Waals surface area contributed by atoms with Gasteiger partial charge in [-0.3, -0.25) is 0 Å². The minimum atomic E-state index is 0.00940. The van der Waals surface area contributed by atoms with E-state index in [9.17, 15) is 0 Å². The van der Waals surface area contributed by atoms with Gasteiger partial charge in [0, 0.05) is 14.2 Å². The van der Waals surface area contributed by atoms with E-state index in [0.29, 0.717) is 6.61 Å². The Hall–Kier alpha value is -0.600. The van der Waals surface area contributed by atoms with E-state index < -0.39 is 0 Å². The molecule has 0 spiro atoms. The van der Waals surface area contributed by atoms with Gasteiger partial charge in [0.15, 0.2) is 0 Å². The van der Waals surface area contributed by atoms with E-state index in [4.69, 9.17) is 9.47 Å². The number of hydrogen-bond acceptors (Lipinski definition) is 2. The molecule has 0 aromatic heterocycles. The Labute approximate surface area is 62.1 Å². The number of hydrogen-bond donors (Lipinski definition) is 0. The standard InChI is InChI=1S/C8H14O2/c1-4-8(10-3)6-5-7-9-2/h4-6,8H,1,7H2,2-3H3. The molecule has 0 fully saturated rings. The molecule has 58 valence electrons. The number of methoxy groups -OCH3 is 2. The molecule has 1 atom stereocenters. The molecule has 0 N–H and O–H groups in total. The molecule has 2 heteroatoms. The lowest BCUT2D eigenvalue weighted by Crippen LogP contribution is -2.01. The maximum absolute atomic E-state index is 4.99. The summed E-state index contributed by atoms with van der Waals surface area (Å²) in [6.45, 7) is 4.21. The van der Waals surface area contributed by atoms with E-state index in [-0.39, 0.29) is 6.10 Å². The highest BCUT2D eigenvalue weighted by molar-refractivity contribution is 4.98. The Morgan fingerprint density at radius 2 is 2.20 bits per heavy atom. The van der Waals surface area contributed by atoms with Gasteiger partial charge in [0.25, 0.3) is 0 Å². The highest BCUT2D eigenvalue weighted by atomic mass is 16.5. The van der Waals surface area contributed by atoms with Crippen LogP contribution in [-0.2, 0) is 9.47 Å². The lowest BCUT2D eigenvalue weighted by molar-refractivity contribution is 0.176. The molecule has 0 amide bonds. The van der Waals surface area contributed by atoms with Gasteiger partial charge in [0.1, 0.15) is 0 Å². The summed E-state index contributed by atoms with van der Waals surface area (Å²) in [4.78, 5) is 0. The minimum Gasteiger partial charge on any atom is -0.381 e. The maximum Gasteiger partial charge on any atom is 0.0931 e. The zero-order chi connectivity index (χ0) is 7.82. The minimum absolute atomic E-state index is 0.00940. The van der Waals surface area contributed by atoms with Crippen LogP contribution in [-0.4, -0.2) is 26.9 Å². The Balaban J connectivity index is 3.50. The Morgan fingerprint density at radius 3 is 2.60 bits per heavy atom. The lowest BCUT2D eigenvalue weighted by Gasteiger charge is -2.02. The Morgan fingerprint density at radius 1 is 1.50 bits per heavy atom. The maximum atomic E-state index is 4.99. The topological polar surface area (TPSA) is 18.5 Å². The van der Waals surface area contributed by atoms with Crippen LogP contribution in [0, 0.1) is 0 Å². The van der Waals surface area contributed by atoms with Gasteiger partial charge >= 0.3 is 0 Å². The predicted octanol–water partition coefficient (Wildman–Crippen LogP) is 1.39. The second kappa shape index (κ2) is 6.52. The first-order valence-corrected chi connectivity index (χ1v) is 3.16. The fraction of sp³-hybridized carbons (Fsp3) is 0.500. The Kier molecular flexibility index (Phi) is 6.13. The summed E-state index contributed by atoms with van der Waals surface area (Å²) in [5.74, 6) is 0. The van der Waals surface area contributed by atoms with Gasteiger partial charge in [0.2, 0.25) is 0 Å². The van der Waals surface area contributed by atoms with Gasteiger partial charge in [-0.25, -0.2) is 0 Å². The van der Waals surface area contributed by atoms with Crippen LogP contribution in [0.1, 0.15) is 0 Å². The molecule has 0 aliphatic heterocycles. The second-order valence-electron chi connectivity index (χ2n) is 1.82. The van der Waals surface area contributed by atoms with Crippen molar-refractivity contribution in [2.75, 3.05) is 20.8 Å². The molecule has 10 heavy (non-hydrogen) atoms. The molecule has 0 radical (unpaired) electrons. The monoisotopic (exact) mass is 142 g/mol. The third-order valence-corrected chi connectivity index (χ3v) is 1.09. The molecule has 0 bridgehead atoms. The zero-order valence-electron chi connectivity index (χ0n) is 6.54. The molecule has 2 nitrogen and oxygen atoms in total. The molecule has 0 saturated carbocycles. The van der Waals surface area contributed by atoms with Crippen LogP contribution in [0.3, 0.4) is 0 Å². The van der Waals surface area contributed by atoms with Crippen LogP contribution in [0.15, 0.2) is 24.8 Å². The predicted molar refractivity (Wildman–Crippen MR) is 42.0 cm³/mol. The first-order valence-electron chi connectivity index (χ1n) is 3.16. The molecule has 0 aliphatic carbocycles. The quantitative estimate of drug-likeness (QED) is 0.540. The van der Waals surface area contributed by atoms with Crippen molar-refractivity contribution in [3.05, 3.63) is 24.8 Å². The molecular weight excluding hydrogens is 128 g/mol.